The van der Waals surface area contributed by atoms with Crippen molar-refractivity contribution in [2.45, 2.75) is 19.4 Å². The van der Waals surface area contributed by atoms with Gasteiger partial charge in [-0.25, -0.2) is 8.42 Å². The number of allylic oxidation sites excluding steroid dienone is 1. The average molecular weight is 399 g/mol. The minimum Gasteiger partial charge on any atom is -0.497 e. The summed E-state index contributed by atoms with van der Waals surface area (Å²) in [6.45, 7) is 3.40. The molecule has 0 atom stereocenters. The molecule has 5 nitrogen and oxygen atoms in total. The Morgan fingerprint density at radius 1 is 0.929 bits per heavy atom. The van der Waals surface area contributed by atoms with Crippen LogP contribution in [0.25, 0.3) is 6.08 Å². The average Bonchev–Trinajstić information content (AvgIpc) is 2.74. The van der Waals surface area contributed by atoms with E-state index in [9.17, 15) is 8.42 Å². The van der Waals surface area contributed by atoms with Crippen LogP contribution in [0, 0.1) is 0 Å². The SMILES string of the molecule is COc1ccc(CN2CCN(S(=O)(=O)C3=Cc4ccccc4CC3)CC2)cc1. The minimum atomic E-state index is -3.38. The van der Waals surface area contributed by atoms with Gasteiger partial charge in [0.15, 0.2) is 0 Å². The van der Waals surface area contributed by atoms with Crippen molar-refractivity contribution in [1.82, 2.24) is 9.21 Å². The van der Waals surface area contributed by atoms with Crippen molar-refractivity contribution in [3.8, 4) is 5.75 Å². The van der Waals surface area contributed by atoms with Gasteiger partial charge in [0, 0.05) is 32.7 Å². The Bertz CT molecular complexity index is 960. The molecule has 1 aliphatic carbocycles. The summed E-state index contributed by atoms with van der Waals surface area (Å²) < 4.78 is 33.1. The standard InChI is InChI=1S/C22H26N2O3S/c1-27-21-9-6-18(7-10-21)17-23-12-14-24(15-13-23)28(25,26)22-11-8-19-4-2-3-5-20(19)16-22/h2-7,9-10,16H,8,11-15,17H2,1H3. The van der Waals surface area contributed by atoms with Gasteiger partial charge in [0.2, 0.25) is 10.0 Å². The van der Waals surface area contributed by atoms with Gasteiger partial charge in [0.25, 0.3) is 0 Å². The molecule has 148 valence electrons. The molecule has 0 aromatic heterocycles. The fraction of sp³-hybridized carbons (Fsp3) is 0.364. The van der Waals surface area contributed by atoms with Gasteiger partial charge < -0.3 is 4.74 Å². The van der Waals surface area contributed by atoms with E-state index < -0.39 is 10.0 Å². The highest BCUT2D eigenvalue weighted by Gasteiger charge is 2.31. The molecule has 0 bridgehead atoms. The van der Waals surface area contributed by atoms with E-state index in [0.29, 0.717) is 24.4 Å². The summed E-state index contributed by atoms with van der Waals surface area (Å²) in [6.07, 6.45) is 3.24. The van der Waals surface area contributed by atoms with Crippen molar-refractivity contribution in [1.29, 1.82) is 0 Å². The first kappa shape index (κ1) is 19.2. The second-order valence-corrected chi connectivity index (χ2v) is 9.33. The van der Waals surface area contributed by atoms with Crippen molar-refractivity contribution >= 4 is 16.1 Å². The molecule has 0 radical (unpaired) electrons. The van der Waals surface area contributed by atoms with E-state index in [4.69, 9.17) is 4.74 Å². The van der Waals surface area contributed by atoms with Gasteiger partial charge in [-0.15, -0.1) is 0 Å². The Labute approximate surface area is 167 Å². The quantitative estimate of drug-likeness (QED) is 0.777. The minimum absolute atomic E-state index is 0.539. The summed E-state index contributed by atoms with van der Waals surface area (Å²) in [5.74, 6) is 0.849. The smallest absolute Gasteiger partial charge is 0.239 e. The molecule has 1 heterocycles. The molecule has 0 saturated carbocycles. The number of fused-ring (bicyclic) bond motifs is 1. The summed E-state index contributed by atoms with van der Waals surface area (Å²) in [5, 5.41) is 0. The maximum atomic E-state index is 13.1. The molecule has 28 heavy (non-hydrogen) atoms. The van der Waals surface area contributed by atoms with Crippen molar-refractivity contribution < 1.29 is 13.2 Å². The molecule has 1 saturated heterocycles. The van der Waals surface area contributed by atoms with E-state index >= 15 is 0 Å². The van der Waals surface area contributed by atoms with Gasteiger partial charge in [0.1, 0.15) is 5.75 Å². The molecule has 2 aromatic rings. The number of nitrogens with zero attached hydrogens (tertiary/aromatic N) is 2. The topological polar surface area (TPSA) is 49.9 Å². The third-order valence-corrected chi connectivity index (χ3v) is 7.61. The Kier molecular flexibility index (Phi) is 5.53. The number of ether oxygens (including phenoxy) is 1. The predicted molar refractivity (Wildman–Crippen MR) is 112 cm³/mol. The van der Waals surface area contributed by atoms with Crippen molar-refractivity contribution in [3.63, 3.8) is 0 Å². The molecule has 0 spiro atoms. The Morgan fingerprint density at radius 3 is 2.36 bits per heavy atom. The second-order valence-electron chi connectivity index (χ2n) is 7.34. The molecular weight excluding hydrogens is 372 g/mol. The Hall–Kier alpha value is -2.15. The highest BCUT2D eigenvalue weighted by Crippen LogP contribution is 2.29. The van der Waals surface area contributed by atoms with E-state index in [1.807, 2.05) is 36.4 Å². The van der Waals surface area contributed by atoms with Crippen LogP contribution in [-0.4, -0.2) is 50.9 Å². The fourth-order valence-corrected chi connectivity index (χ4v) is 5.50. The number of sulfonamides is 1. The van der Waals surface area contributed by atoms with E-state index in [1.54, 1.807) is 11.4 Å². The van der Waals surface area contributed by atoms with Crippen LogP contribution < -0.4 is 4.74 Å². The van der Waals surface area contributed by atoms with Crippen LogP contribution in [-0.2, 0) is 23.0 Å². The lowest BCUT2D eigenvalue weighted by Crippen LogP contribution is -2.48. The zero-order valence-corrected chi connectivity index (χ0v) is 17.0. The Balaban J connectivity index is 1.39. The maximum absolute atomic E-state index is 13.1. The van der Waals surface area contributed by atoms with Crippen LogP contribution in [0.5, 0.6) is 5.75 Å². The molecule has 0 amide bonds. The van der Waals surface area contributed by atoms with Crippen molar-refractivity contribution in [2.24, 2.45) is 0 Å². The molecule has 1 aliphatic heterocycles. The summed E-state index contributed by atoms with van der Waals surface area (Å²) >= 11 is 0. The predicted octanol–water partition coefficient (Wildman–Crippen LogP) is 3.13. The maximum Gasteiger partial charge on any atom is 0.239 e. The lowest BCUT2D eigenvalue weighted by atomic mass is 9.98. The summed E-state index contributed by atoms with van der Waals surface area (Å²) in [5.41, 5.74) is 3.47. The second kappa shape index (κ2) is 8.07. The van der Waals surface area contributed by atoms with Gasteiger partial charge in [-0.1, -0.05) is 36.4 Å². The largest absolute Gasteiger partial charge is 0.497 e. The highest BCUT2D eigenvalue weighted by atomic mass is 32.2. The van der Waals surface area contributed by atoms with Crippen molar-refractivity contribution in [2.75, 3.05) is 33.3 Å². The van der Waals surface area contributed by atoms with Crippen LogP contribution >= 0.6 is 0 Å². The van der Waals surface area contributed by atoms with Crippen LogP contribution in [0.4, 0.5) is 0 Å². The van der Waals surface area contributed by atoms with Gasteiger partial charge >= 0.3 is 0 Å². The zero-order chi connectivity index (χ0) is 19.6. The molecule has 0 unspecified atom stereocenters. The van der Waals surface area contributed by atoms with Gasteiger partial charge in [0.05, 0.1) is 12.0 Å². The van der Waals surface area contributed by atoms with Crippen LogP contribution in [0.1, 0.15) is 23.1 Å². The third-order valence-electron chi connectivity index (χ3n) is 5.58. The molecule has 0 N–H and O–H groups in total. The van der Waals surface area contributed by atoms with E-state index in [0.717, 1.165) is 37.4 Å². The number of rotatable bonds is 5. The first-order valence-corrected chi connectivity index (χ1v) is 11.1. The number of benzene rings is 2. The lowest BCUT2D eigenvalue weighted by molar-refractivity contribution is 0.182. The molecule has 2 aliphatic rings. The number of methoxy groups -OCH3 is 1. The van der Waals surface area contributed by atoms with Crippen LogP contribution in [0.15, 0.2) is 53.4 Å². The number of hydrogen-bond acceptors (Lipinski definition) is 4. The monoisotopic (exact) mass is 398 g/mol. The van der Waals surface area contributed by atoms with Gasteiger partial charge in [-0.2, -0.15) is 4.31 Å². The molecule has 1 fully saturated rings. The van der Waals surface area contributed by atoms with Gasteiger partial charge in [-0.05, 0) is 47.7 Å². The summed E-state index contributed by atoms with van der Waals surface area (Å²) in [6, 6.07) is 16.1. The number of piperazine rings is 1. The first-order valence-electron chi connectivity index (χ1n) is 9.70. The fourth-order valence-electron chi connectivity index (χ4n) is 3.89. The lowest BCUT2D eigenvalue weighted by Gasteiger charge is -2.35. The van der Waals surface area contributed by atoms with E-state index in [-0.39, 0.29) is 0 Å². The molecule has 4 rings (SSSR count). The Morgan fingerprint density at radius 2 is 1.64 bits per heavy atom. The first-order chi connectivity index (χ1) is 13.6. The van der Waals surface area contributed by atoms with E-state index in [2.05, 4.69) is 23.1 Å². The third kappa shape index (κ3) is 3.99. The van der Waals surface area contributed by atoms with Crippen LogP contribution in [0.2, 0.25) is 0 Å². The van der Waals surface area contributed by atoms with Crippen molar-refractivity contribution in [3.05, 3.63) is 70.1 Å². The normalized spacial score (nSPS) is 18.4. The number of aryl methyl sites for hydroxylation is 1. The molecule has 6 heteroatoms. The zero-order valence-electron chi connectivity index (χ0n) is 16.2. The van der Waals surface area contributed by atoms with Crippen LogP contribution in [0.3, 0.4) is 0 Å². The highest BCUT2D eigenvalue weighted by molar-refractivity contribution is 7.93. The molecular formula is C22H26N2O3S. The van der Waals surface area contributed by atoms with Gasteiger partial charge in [-0.3, -0.25) is 4.90 Å². The summed E-state index contributed by atoms with van der Waals surface area (Å²) in [7, 11) is -1.72. The summed E-state index contributed by atoms with van der Waals surface area (Å²) in [4.78, 5) is 2.85. The molecule has 2 aromatic carbocycles. The van der Waals surface area contributed by atoms with E-state index in [1.165, 1.54) is 11.1 Å². The number of hydrogen-bond donors (Lipinski definition) is 0.